The van der Waals surface area contributed by atoms with Gasteiger partial charge in [0.15, 0.2) is 0 Å². The van der Waals surface area contributed by atoms with Crippen LogP contribution < -0.4 is 16.5 Å². The van der Waals surface area contributed by atoms with Crippen molar-refractivity contribution in [1.29, 1.82) is 0 Å². The number of hydrogen-bond acceptors (Lipinski definition) is 7. The fraction of sp³-hybridized carbons (Fsp3) is 0.786. The quantitative estimate of drug-likeness (QED) is 0.394. The summed E-state index contributed by atoms with van der Waals surface area (Å²) < 4.78 is 0. The highest BCUT2D eigenvalue weighted by Crippen LogP contribution is 2.40. The fourth-order valence-corrected chi connectivity index (χ4v) is 3.02. The van der Waals surface area contributed by atoms with Crippen LogP contribution in [0, 0.1) is 5.41 Å². The van der Waals surface area contributed by atoms with E-state index < -0.39 is 48.7 Å². The number of nitrogens with one attached hydrogen (secondary N) is 3. The molecule has 1 aliphatic rings. The van der Waals surface area contributed by atoms with Crippen molar-refractivity contribution in [2.24, 2.45) is 5.41 Å². The maximum atomic E-state index is 11.3. The van der Waals surface area contributed by atoms with Gasteiger partial charge in [-0.1, -0.05) is 19.3 Å². The Bertz CT molecular complexity index is 428. The lowest BCUT2D eigenvalue weighted by molar-refractivity contribution is -0.170. The lowest BCUT2D eigenvalue weighted by Crippen LogP contribution is -2.51. The van der Waals surface area contributed by atoms with Gasteiger partial charge in [0.05, 0.1) is 25.4 Å². The highest BCUT2D eigenvalue weighted by molar-refractivity contribution is 5.73. The minimum atomic E-state index is -1.32. The summed E-state index contributed by atoms with van der Waals surface area (Å²) >= 11 is 0. The predicted molar refractivity (Wildman–Crippen MR) is 81.4 cm³/mol. The monoisotopic (exact) mass is 347 g/mol. The van der Waals surface area contributed by atoms with Crippen LogP contribution in [-0.2, 0) is 19.2 Å². The van der Waals surface area contributed by atoms with Crippen LogP contribution >= 0.6 is 0 Å². The lowest BCUT2D eigenvalue weighted by atomic mass is 9.71. The summed E-state index contributed by atoms with van der Waals surface area (Å²) in [7, 11) is 0. The van der Waals surface area contributed by atoms with Crippen molar-refractivity contribution in [2.75, 3.05) is 6.54 Å². The summed E-state index contributed by atoms with van der Waals surface area (Å²) in [4.78, 5) is 39.1. The number of hydrazine groups is 2. The Morgan fingerprint density at radius 3 is 2.17 bits per heavy atom. The van der Waals surface area contributed by atoms with Gasteiger partial charge >= 0.3 is 17.9 Å². The van der Waals surface area contributed by atoms with Gasteiger partial charge in [-0.25, -0.2) is 5.43 Å². The van der Waals surface area contributed by atoms with Gasteiger partial charge in [0.2, 0.25) is 0 Å². The highest BCUT2D eigenvalue weighted by Gasteiger charge is 2.44. The molecule has 0 aliphatic carbocycles. The second-order valence-corrected chi connectivity index (χ2v) is 6.03. The fourth-order valence-electron chi connectivity index (χ4n) is 3.02. The van der Waals surface area contributed by atoms with E-state index in [1.807, 2.05) is 0 Å². The molecule has 1 heterocycles. The molecule has 0 amide bonds. The van der Waals surface area contributed by atoms with E-state index in [4.69, 9.17) is 9.94 Å². The third kappa shape index (κ3) is 7.21. The Balaban J connectivity index is 3.09. The van der Waals surface area contributed by atoms with E-state index in [2.05, 4.69) is 16.5 Å². The molecule has 0 aromatic carbocycles. The zero-order valence-corrected chi connectivity index (χ0v) is 13.4. The van der Waals surface area contributed by atoms with E-state index in [1.54, 1.807) is 0 Å². The summed E-state index contributed by atoms with van der Waals surface area (Å²) in [5, 5.41) is 27.6. The molecule has 138 valence electrons. The molecule has 10 nitrogen and oxygen atoms in total. The molecule has 6 N–H and O–H groups in total. The number of aliphatic carboxylic acids is 3. The molecule has 24 heavy (non-hydrogen) atoms. The smallest absolute Gasteiger partial charge is 0.306 e. The van der Waals surface area contributed by atoms with Gasteiger partial charge in [-0.2, -0.15) is 5.53 Å². The maximum Gasteiger partial charge on any atom is 0.306 e. The van der Waals surface area contributed by atoms with Crippen LogP contribution in [-0.4, -0.2) is 45.9 Å². The summed E-state index contributed by atoms with van der Waals surface area (Å²) in [5.74, 6) is -3.57. The second-order valence-electron chi connectivity index (χ2n) is 6.03. The number of carbonyl (C=O) groups is 3. The van der Waals surface area contributed by atoms with Crippen LogP contribution in [0.2, 0.25) is 0 Å². The minimum absolute atomic E-state index is 0.263. The van der Waals surface area contributed by atoms with Crippen LogP contribution in [0.5, 0.6) is 0 Å². The first-order valence-corrected chi connectivity index (χ1v) is 7.89. The molecule has 1 rings (SSSR count). The van der Waals surface area contributed by atoms with Crippen molar-refractivity contribution in [1.82, 2.24) is 16.5 Å². The molecule has 0 bridgehead atoms. The number of hydrogen-bond donors (Lipinski definition) is 6. The van der Waals surface area contributed by atoms with E-state index >= 15 is 0 Å². The molecule has 0 aromatic rings. The summed E-state index contributed by atoms with van der Waals surface area (Å²) in [6, 6.07) is 0. The predicted octanol–water partition coefficient (Wildman–Crippen LogP) is 0.260. The molecular weight excluding hydrogens is 322 g/mol. The molecule has 0 saturated carbocycles. The molecule has 0 spiro atoms. The number of carboxylic acids is 3. The molecule has 0 radical (unpaired) electrons. The Morgan fingerprint density at radius 2 is 1.58 bits per heavy atom. The van der Waals surface area contributed by atoms with Gasteiger partial charge in [-0.3, -0.25) is 19.2 Å². The van der Waals surface area contributed by atoms with E-state index in [0.29, 0.717) is 13.0 Å². The van der Waals surface area contributed by atoms with Crippen molar-refractivity contribution in [3.63, 3.8) is 0 Å². The van der Waals surface area contributed by atoms with E-state index in [1.165, 1.54) is 0 Å². The maximum absolute atomic E-state index is 11.3. The normalized spacial score (nSPS) is 22.8. The third-order valence-corrected chi connectivity index (χ3v) is 4.12. The van der Waals surface area contributed by atoms with Gasteiger partial charge in [0.25, 0.3) is 0 Å². The largest absolute Gasteiger partial charge is 0.481 e. The van der Waals surface area contributed by atoms with E-state index in [0.717, 1.165) is 19.3 Å². The van der Waals surface area contributed by atoms with Crippen molar-refractivity contribution in [2.45, 2.75) is 57.5 Å². The molecule has 0 aromatic heterocycles. The molecule has 1 fully saturated rings. The van der Waals surface area contributed by atoms with Crippen molar-refractivity contribution in [3.05, 3.63) is 0 Å². The molecular formula is C14H25N3O7. The molecule has 10 heteroatoms. The van der Waals surface area contributed by atoms with Gasteiger partial charge < -0.3 is 15.3 Å². The number of rotatable bonds is 6. The third-order valence-electron chi connectivity index (χ3n) is 4.12. The van der Waals surface area contributed by atoms with Crippen molar-refractivity contribution in [3.8, 4) is 0 Å². The highest BCUT2D eigenvalue weighted by atomic mass is 16.7. The first kappa shape index (κ1) is 20.3. The standard InChI is InChI=1S/C14H25N3O7/c18-11(19)7-10-14(8-12(20)21,9-13(22)23)5-3-1-2-4-6-15-16-17-24-10/h10,15-17H,1-9H2,(H,18,19)(H,20,21)(H,22,23). The van der Waals surface area contributed by atoms with Gasteiger partial charge in [0, 0.05) is 12.0 Å². The lowest BCUT2D eigenvalue weighted by Gasteiger charge is -2.38. The Hall–Kier alpha value is -1.75. The zero-order chi connectivity index (χ0) is 18.0. The van der Waals surface area contributed by atoms with Gasteiger partial charge in [-0.15, -0.1) is 5.59 Å². The Kier molecular flexibility index (Phi) is 8.61. The summed E-state index contributed by atoms with van der Waals surface area (Å²) in [5.41, 5.74) is 6.39. The SMILES string of the molecule is O=C(O)CC1ONNNCCCCCCC1(CC(=O)O)CC(=O)O. The minimum Gasteiger partial charge on any atom is -0.481 e. The average molecular weight is 347 g/mol. The first-order chi connectivity index (χ1) is 11.4. The van der Waals surface area contributed by atoms with Crippen molar-refractivity contribution >= 4 is 17.9 Å². The van der Waals surface area contributed by atoms with E-state index in [-0.39, 0.29) is 6.42 Å². The van der Waals surface area contributed by atoms with Gasteiger partial charge in [-0.05, 0) is 12.8 Å². The van der Waals surface area contributed by atoms with Gasteiger partial charge in [0.1, 0.15) is 0 Å². The zero-order valence-electron chi connectivity index (χ0n) is 13.4. The first-order valence-electron chi connectivity index (χ1n) is 7.89. The molecule has 1 saturated heterocycles. The molecule has 1 aliphatic heterocycles. The van der Waals surface area contributed by atoms with Crippen LogP contribution in [0.3, 0.4) is 0 Å². The van der Waals surface area contributed by atoms with Crippen LogP contribution in [0.1, 0.15) is 51.4 Å². The molecule has 1 atom stereocenters. The second kappa shape index (κ2) is 10.2. The average Bonchev–Trinajstić information content (AvgIpc) is 2.44. The Labute approximate surface area is 139 Å². The topological polar surface area (TPSA) is 157 Å². The van der Waals surface area contributed by atoms with E-state index in [9.17, 15) is 24.6 Å². The summed E-state index contributed by atoms with van der Waals surface area (Å²) in [6.07, 6.45) is 0.875. The number of carboxylic acid groups (broad SMARTS) is 3. The van der Waals surface area contributed by atoms with Crippen LogP contribution in [0.4, 0.5) is 0 Å². The van der Waals surface area contributed by atoms with Crippen LogP contribution in [0.15, 0.2) is 0 Å². The van der Waals surface area contributed by atoms with Crippen molar-refractivity contribution < 1.29 is 34.5 Å². The van der Waals surface area contributed by atoms with Crippen LogP contribution in [0.25, 0.3) is 0 Å². The molecule has 1 unspecified atom stereocenters. The summed E-state index contributed by atoms with van der Waals surface area (Å²) in [6.45, 7) is 0.676. The Morgan fingerprint density at radius 1 is 0.958 bits per heavy atom.